The Labute approximate surface area is 109 Å². The fraction of sp³-hybridized carbons (Fsp3) is 0.455. The number of hydrogen-bond donors (Lipinski definition) is 2. The van der Waals surface area contributed by atoms with Gasteiger partial charge < -0.3 is 5.43 Å². The van der Waals surface area contributed by atoms with Crippen LogP contribution < -0.4 is 11.3 Å². The Hall–Kier alpha value is -0.480. The predicted molar refractivity (Wildman–Crippen MR) is 73.3 cm³/mol. The van der Waals surface area contributed by atoms with Crippen LogP contribution in [0.5, 0.6) is 0 Å². The van der Waals surface area contributed by atoms with Crippen molar-refractivity contribution < 1.29 is 0 Å². The number of nitrogen functional groups attached to an aromatic ring is 1. The van der Waals surface area contributed by atoms with Crippen molar-refractivity contribution in [3.8, 4) is 0 Å². The standard InChI is InChI=1S/C11H17N3.2ClH/c1-14(2)11(7-8-11)9-3-5-10(13-12)6-4-9;;/h3-6,13H,7-8,12H2,1-2H3;2*1H. The second kappa shape index (κ2) is 5.73. The summed E-state index contributed by atoms with van der Waals surface area (Å²) in [5.41, 5.74) is 5.29. The molecule has 3 N–H and O–H groups in total. The van der Waals surface area contributed by atoms with Crippen molar-refractivity contribution in [3.63, 3.8) is 0 Å². The molecule has 1 aliphatic rings. The highest BCUT2D eigenvalue weighted by Crippen LogP contribution is 2.49. The van der Waals surface area contributed by atoms with Gasteiger partial charge in [-0.3, -0.25) is 10.7 Å². The molecule has 1 aliphatic carbocycles. The fourth-order valence-corrected chi connectivity index (χ4v) is 1.99. The van der Waals surface area contributed by atoms with Gasteiger partial charge in [-0.15, -0.1) is 24.8 Å². The highest BCUT2D eigenvalue weighted by Gasteiger charge is 2.46. The molecule has 1 saturated carbocycles. The summed E-state index contributed by atoms with van der Waals surface area (Å²) in [6.45, 7) is 0. The molecule has 16 heavy (non-hydrogen) atoms. The molecule has 2 rings (SSSR count). The molecule has 1 aromatic rings. The molecule has 0 amide bonds. The van der Waals surface area contributed by atoms with E-state index >= 15 is 0 Å². The van der Waals surface area contributed by atoms with E-state index < -0.39 is 0 Å². The van der Waals surface area contributed by atoms with Crippen molar-refractivity contribution in [2.24, 2.45) is 5.84 Å². The molecule has 92 valence electrons. The van der Waals surface area contributed by atoms with Crippen LogP contribution in [0.1, 0.15) is 18.4 Å². The minimum atomic E-state index is 0. The lowest BCUT2D eigenvalue weighted by Gasteiger charge is -2.24. The molecule has 5 heteroatoms. The van der Waals surface area contributed by atoms with Crippen LogP contribution in [0.4, 0.5) is 5.69 Å². The number of benzene rings is 1. The van der Waals surface area contributed by atoms with E-state index in [1.165, 1.54) is 18.4 Å². The summed E-state index contributed by atoms with van der Waals surface area (Å²) in [6, 6.07) is 8.36. The third kappa shape index (κ3) is 2.61. The predicted octanol–water partition coefficient (Wildman–Crippen LogP) is 2.37. The quantitative estimate of drug-likeness (QED) is 0.650. The monoisotopic (exact) mass is 263 g/mol. The highest BCUT2D eigenvalue weighted by molar-refractivity contribution is 5.85. The molecule has 0 aliphatic heterocycles. The highest BCUT2D eigenvalue weighted by atomic mass is 35.5. The lowest BCUT2D eigenvalue weighted by molar-refractivity contribution is 0.276. The molecule has 0 aromatic heterocycles. The second-order valence-corrected chi connectivity index (χ2v) is 4.15. The average Bonchev–Trinajstić information content (AvgIpc) is 2.99. The largest absolute Gasteiger partial charge is 0.324 e. The molecule has 0 radical (unpaired) electrons. The van der Waals surface area contributed by atoms with Crippen LogP contribution in [0.3, 0.4) is 0 Å². The molecular weight excluding hydrogens is 245 g/mol. The SMILES string of the molecule is CN(C)C1(c2ccc(NN)cc2)CC1.Cl.Cl. The summed E-state index contributed by atoms with van der Waals surface area (Å²) >= 11 is 0. The number of rotatable bonds is 3. The zero-order valence-electron chi connectivity index (χ0n) is 9.56. The van der Waals surface area contributed by atoms with E-state index in [0.717, 1.165) is 5.69 Å². The number of hydrazine groups is 1. The van der Waals surface area contributed by atoms with E-state index in [1.807, 2.05) is 12.1 Å². The first-order valence-electron chi connectivity index (χ1n) is 4.94. The van der Waals surface area contributed by atoms with Gasteiger partial charge in [0.15, 0.2) is 0 Å². The van der Waals surface area contributed by atoms with Crippen molar-refractivity contribution in [1.82, 2.24) is 4.90 Å². The van der Waals surface area contributed by atoms with Crippen LogP contribution in [0.25, 0.3) is 0 Å². The normalized spacial score (nSPS) is 16.0. The zero-order valence-corrected chi connectivity index (χ0v) is 11.2. The number of nitrogens with one attached hydrogen (secondary N) is 1. The summed E-state index contributed by atoms with van der Waals surface area (Å²) in [5.74, 6) is 5.32. The topological polar surface area (TPSA) is 41.3 Å². The number of halogens is 2. The molecular formula is C11H19Cl2N3. The van der Waals surface area contributed by atoms with Crippen LogP contribution >= 0.6 is 24.8 Å². The fourth-order valence-electron chi connectivity index (χ4n) is 1.99. The Kier molecular flexibility index (Phi) is 5.56. The van der Waals surface area contributed by atoms with Crippen molar-refractivity contribution >= 4 is 30.5 Å². The van der Waals surface area contributed by atoms with Crippen LogP contribution in [0, 0.1) is 0 Å². The Morgan fingerprint density at radius 1 is 1.12 bits per heavy atom. The van der Waals surface area contributed by atoms with Crippen molar-refractivity contribution in [1.29, 1.82) is 0 Å². The van der Waals surface area contributed by atoms with Gasteiger partial charge in [0.05, 0.1) is 0 Å². The molecule has 0 heterocycles. The maximum absolute atomic E-state index is 5.32. The molecule has 0 saturated heterocycles. The number of nitrogens with two attached hydrogens (primary N) is 1. The van der Waals surface area contributed by atoms with E-state index in [9.17, 15) is 0 Å². The average molecular weight is 264 g/mol. The van der Waals surface area contributed by atoms with Crippen LogP contribution in [-0.2, 0) is 5.54 Å². The Bertz CT molecular complexity index is 321. The third-order valence-corrected chi connectivity index (χ3v) is 3.17. The van der Waals surface area contributed by atoms with Gasteiger partial charge in [-0.25, -0.2) is 0 Å². The first-order chi connectivity index (χ1) is 6.69. The smallest absolute Gasteiger partial charge is 0.0485 e. The van der Waals surface area contributed by atoms with Crippen LogP contribution in [0.2, 0.25) is 0 Å². The number of hydrogen-bond acceptors (Lipinski definition) is 3. The summed E-state index contributed by atoms with van der Waals surface area (Å²) in [4.78, 5) is 2.30. The maximum atomic E-state index is 5.32. The van der Waals surface area contributed by atoms with E-state index in [0.29, 0.717) is 5.54 Å². The minimum absolute atomic E-state index is 0. The summed E-state index contributed by atoms with van der Waals surface area (Å²) in [5, 5.41) is 0. The van der Waals surface area contributed by atoms with Gasteiger partial charge in [-0.05, 0) is 44.6 Å². The minimum Gasteiger partial charge on any atom is -0.324 e. The molecule has 3 nitrogen and oxygen atoms in total. The van der Waals surface area contributed by atoms with Gasteiger partial charge in [0.25, 0.3) is 0 Å². The summed E-state index contributed by atoms with van der Waals surface area (Å²) in [7, 11) is 4.28. The number of nitrogens with zero attached hydrogens (tertiary/aromatic N) is 1. The summed E-state index contributed by atoms with van der Waals surface area (Å²) < 4.78 is 0. The second-order valence-electron chi connectivity index (χ2n) is 4.15. The van der Waals surface area contributed by atoms with Crippen LogP contribution in [0.15, 0.2) is 24.3 Å². The van der Waals surface area contributed by atoms with Crippen LogP contribution in [-0.4, -0.2) is 19.0 Å². The van der Waals surface area contributed by atoms with E-state index in [-0.39, 0.29) is 24.8 Å². The summed E-state index contributed by atoms with van der Waals surface area (Å²) in [6.07, 6.45) is 2.52. The molecule has 0 atom stereocenters. The Morgan fingerprint density at radius 3 is 1.94 bits per heavy atom. The molecule has 0 unspecified atom stereocenters. The molecule has 1 aromatic carbocycles. The van der Waals surface area contributed by atoms with Gasteiger partial charge in [0, 0.05) is 11.2 Å². The Morgan fingerprint density at radius 2 is 1.62 bits per heavy atom. The van der Waals surface area contributed by atoms with Crippen molar-refractivity contribution in [3.05, 3.63) is 29.8 Å². The van der Waals surface area contributed by atoms with Gasteiger partial charge >= 0.3 is 0 Å². The molecule has 0 spiro atoms. The third-order valence-electron chi connectivity index (χ3n) is 3.17. The maximum Gasteiger partial charge on any atom is 0.0485 e. The van der Waals surface area contributed by atoms with E-state index in [1.54, 1.807) is 0 Å². The van der Waals surface area contributed by atoms with E-state index in [4.69, 9.17) is 5.84 Å². The molecule has 1 fully saturated rings. The van der Waals surface area contributed by atoms with Gasteiger partial charge in [-0.1, -0.05) is 12.1 Å². The van der Waals surface area contributed by atoms with Crippen molar-refractivity contribution in [2.45, 2.75) is 18.4 Å². The zero-order chi connectivity index (χ0) is 10.2. The lowest BCUT2D eigenvalue weighted by Crippen LogP contribution is -2.27. The van der Waals surface area contributed by atoms with E-state index in [2.05, 4.69) is 36.6 Å². The van der Waals surface area contributed by atoms with Gasteiger partial charge in [-0.2, -0.15) is 0 Å². The lowest BCUT2D eigenvalue weighted by atomic mass is 10.0. The first kappa shape index (κ1) is 15.5. The number of anilines is 1. The Balaban J connectivity index is 0.00000112. The molecule has 0 bridgehead atoms. The first-order valence-corrected chi connectivity index (χ1v) is 4.94. The van der Waals surface area contributed by atoms with Gasteiger partial charge in [0.2, 0.25) is 0 Å². The van der Waals surface area contributed by atoms with Crippen molar-refractivity contribution in [2.75, 3.05) is 19.5 Å². The van der Waals surface area contributed by atoms with Gasteiger partial charge in [0.1, 0.15) is 0 Å².